The van der Waals surface area contributed by atoms with Crippen LogP contribution in [0.4, 0.5) is 4.79 Å². The van der Waals surface area contributed by atoms with Crippen molar-refractivity contribution in [2.24, 2.45) is 0 Å². The van der Waals surface area contributed by atoms with Gasteiger partial charge in [0.1, 0.15) is 11.6 Å². The van der Waals surface area contributed by atoms with Crippen LogP contribution >= 0.6 is 0 Å². The van der Waals surface area contributed by atoms with E-state index in [0.29, 0.717) is 0 Å². The zero-order valence-corrected chi connectivity index (χ0v) is 11.4. The quantitative estimate of drug-likeness (QED) is 0.693. The van der Waals surface area contributed by atoms with Crippen LogP contribution < -0.4 is 5.32 Å². The molecule has 0 rings (SSSR count). The molecule has 0 heterocycles. The first-order chi connectivity index (χ1) is 8.19. The Morgan fingerprint density at radius 2 is 1.72 bits per heavy atom. The maximum Gasteiger partial charge on any atom is 0.408 e. The summed E-state index contributed by atoms with van der Waals surface area (Å²) < 4.78 is 14.7. The third-order valence-electron chi connectivity index (χ3n) is 1.94. The summed E-state index contributed by atoms with van der Waals surface area (Å²) in [4.78, 5) is 22.4. The van der Waals surface area contributed by atoms with Crippen LogP contribution in [0.3, 0.4) is 0 Å². The van der Waals surface area contributed by atoms with E-state index < -0.39 is 30.0 Å². The van der Waals surface area contributed by atoms with Crippen molar-refractivity contribution in [3.63, 3.8) is 0 Å². The number of ether oxygens (including phenoxy) is 3. The van der Waals surface area contributed by atoms with Crippen molar-refractivity contribution < 1.29 is 28.9 Å². The van der Waals surface area contributed by atoms with Gasteiger partial charge >= 0.3 is 12.1 Å². The number of hydrogen-bond donors (Lipinski definition) is 2. The SMILES string of the molecule is COC(C[C@H](NC(=O)OC(C)(C)C)C(=O)O)OC. The number of carboxylic acid groups (broad SMARTS) is 1. The van der Waals surface area contributed by atoms with Crippen LogP contribution in [0.1, 0.15) is 27.2 Å². The molecule has 18 heavy (non-hydrogen) atoms. The lowest BCUT2D eigenvalue weighted by Crippen LogP contribution is -2.45. The number of nitrogens with one attached hydrogen (secondary N) is 1. The van der Waals surface area contributed by atoms with Crippen LogP contribution in [-0.2, 0) is 19.0 Å². The van der Waals surface area contributed by atoms with Crippen molar-refractivity contribution in [1.29, 1.82) is 0 Å². The highest BCUT2D eigenvalue weighted by atomic mass is 16.7. The van der Waals surface area contributed by atoms with Gasteiger partial charge < -0.3 is 24.6 Å². The van der Waals surface area contributed by atoms with Crippen molar-refractivity contribution in [3.05, 3.63) is 0 Å². The number of alkyl carbamates (subject to hydrolysis) is 1. The highest BCUT2D eigenvalue weighted by Gasteiger charge is 2.26. The Labute approximate surface area is 106 Å². The lowest BCUT2D eigenvalue weighted by Gasteiger charge is -2.23. The molecule has 0 aromatic rings. The van der Waals surface area contributed by atoms with Crippen LogP contribution in [0, 0.1) is 0 Å². The minimum atomic E-state index is -1.18. The van der Waals surface area contributed by atoms with Gasteiger partial charge in [-0.25, -0.2) is 9.59 Å². The fraction of sp³-hybridized carbons (Fsp3) is 0.818. The number of carboxylic acids is 1. The molecule has 0 aliphatic carbocycles. The molecule has 7 nitrogen and oxygen atoms in total. The summed E-state index contributed by atoms with van der Waals surface area (Å²) in [5, 5.41) is 11.2. The van der Waals surface area contributed by atoms with E-state index in [2.05, 4.69) is 5.32 Å². The van der Waals surface area contributed by atoms with Gasteiger partial charge in [-0.3, -0.25) is 0 Å². The van der Waals surface area contributed by atoms with E-state index >= 15 is 0 Å². The summed E-state index contributed by atoms with van der Waals surface area (Å²) in [5.74, 6) is -1.18. The zero-order valence-electron chi connectivity index (χ0n) is 11.4. The van der Waals surface area contributed by atoms with Crippen LogP contribution in [0.2, 0.25) is 0 Å². The normalized spacial score (nSPS) is 13.2. The predicted octanol–water partition coefficient (Wildman–Crippen LogP) is 0.973. The van der Waals surface area contributed by atoms with E-state index in [1.54, 1.807) is 20.8 Å². The topological polar surface area (TPSA) is 94.1 Å². The molecule has 106 valence electrons. The third kappa shape index (κ3) is 7.08. The van der Waals surface area contributed by atoms with Crippen molar-refractivity contribution in [2.75, 3.05) is 14.2 Å². The Kier molecular flexibility index (Phi) is 6.64. The molecule has 0 aromatic heterocycles. The van der Waals surface area contributed by atoms with Crippen molar-refractivity contribution in [3.8, 4) is 0 Å². The third-order valence-corrected chi connectivity index (χ3v) is 1.94. The van der Waals surface area contributed by atoms with Crippen LogP contribution in [-0.4, -0.2) is 49.3 Å². The molecule has 0 aromatic carbocycles. The predicted molar refractivity (Wildman–Crippen MR) is 63.2 cm³/mol. The Hall–Kier alpha value is -1.34. The largest absolute Gasteiger partial charge is 0.480 e. The average molecular weight is 263 g/mol. The molecule has 0 aliphatic heterocycles. The number of carbonyl (C=O) groups excluding carboxylic acids is 1. The monoisotopic (exact) mass is 263 g/mol. The van der Waals surface area contributed by atoms with Gasteiger partial charge in [-0.05, 0) is 20.8 Å². The highest BCUT2D eigenvalue weighted by Crippen LogP contribution is 2.08. The Morgan fingerprint density at radius 1 is 1.22 bits per heavy atom. The Bertz CT molecular complexity index is 282. The van der Waals surface area contributed by atoms with Gasteiger partial charge in [0, 0.05) is 20.6 Å². The number of hydrogen-bond acceptors (Lipinski definition) is 5. The van der Waals surface area contributed by atoms with Gasteiger partial charge in [-0.2, -0.15) is 0 Å². The molecule has 0 fully saturated rings. The molecule has 0 saturated heterocycles. The van der Waals surface area contributed by atoms with Gasteiger partial charge in [0.25, 0.3) is 0 Å². The average Bonchev–Trinajstić information content (AvgIpc) is 2.21. The van der Waals surface area contributed by atoms with E-state index in [1.165, 1.54) is 14.2 Å². The van der Waals surface area contributed by atoms with Crippen molar-refractivity contribution >= 4 is 12.1 Å². The summed E-state index contributed by atoms with van der Waals surface area (Å²) in [5.41, 5.74) is -0.685. The zero-order chi connectivity index (χ0) is 14.3. The van der Waals surface area contributed by atoms with E-state index in [9.17, 15) is 9.59 Å². The minimum absolute atomic E-state index is 0.0123. The lowest BCUT2D eigenvalue weighted by molar-refractivity contribution is -0.146. The molecule has 0 radical (unpaired) electrons. The Morgan fingerprint density at radius 3 is 2.06 bits per heavy atom. The maximum absolute atomic E-state index is 11.5. The summed E-state index contributed by atoms with van der Waals surface area (Å²) in [6.07, 6.45) is -1.51. The molecule has 2 N–H and O–H groups in total. The number of aliphatic carboxylic acids is 1. The number of rotatable bonds is 6. The molecule has 0 aliphatic rings. The van der Waals surface area contributed by atoms with E-state index in [4.69, 9.17) is 19.3 Å². The minimum Gasteiger partial charge on any atom is -0.480 e. The van der Waals surface area contributed by atoms with Crippen LogP contribution in [0.5, 0.6) is 0 Å². The van der Waals surface area contributed by atoms with E-state index in [-0.39, 0.29) is 6.42 Å². The van der Waals surface area contributed by atoms with Gasteiger partial charge in [0.2, 0.25) is 0 Å². The van der Waals surface area contributed by atoms with Gasteiger partial charge in [0.05, 0.1) is 0 Å². The molecular formula is C11H21NO6. The van der Waals surface area contributed by atoms with Gasteiger partial charge in [-0.1, -0.05) is 0 Å². The molecule has 1 amide bonds. The summed E-state index contributed by atoms with van der Waals surface area (Å²) in [7, 11) is 2.78. The van der Waals surface area contributed by atoms with Crippen LogP contribution in [0.15, 0.2) is 0 Å². The number of methoxy groups -OCH3 is 2. The first-order valence-electron chi connectivity index (χ1n) is 5.47. The highest BCUT2D eigenvalue weighted by molar-refractivity contribution is 5.80. The molecule has 0 spiro atoms. The van der Waals surface area contributed by atoms with Gasteiger partial charge in [-0.15, -0.1) is 0 Å². The second-order valence-corrected chi connectivity index (χ2v) is 4.67. The molecule has 1 atom stereocenters. The summed E-state index contributed by atoms with van der Waals surface area (Å²) >= 11 is 0. The van der Waals surface area contributed by atoms with E-state index in [0.717, 1.165) is 0 Å². The second-order valence-electron chi connectivity index (χ2n) is 4.67. The van der Waals surface area contributed by atoms with Crippen molar-refractivity contribution in [2.45, 2.75) is 45.1 Å². The number of amides is 1. The fourth-order valence-corrected chi connectivity index (χ4v) is 1.15. The van der Waals surface area contributed by atoms with Crippen LogP contribution in [0.25, 0.3) is 0 Å². The maximum atomic E-state index is 11.5. The molecule has 0 unspecified atom stereocenters. The lowest BCUT2D eigenvalue weighted by atomic mass is 10.2. The molecule has 0 bridgehead atoms. The van der Waals surface area contributed by atoms with Gasteiger partial charge in [0.15, 0.2) is 6.29 Å². The molecular weight excluding hydrogens is 242 g/mol. The fourth-order valence-electron chi connectivity index (χ4n) is 1.15. The first-order valence-corrected chi connectivity index (χ1v) is 5.47. The summed E-state index contributed by atoms with van der Waals surface area (Å²) in [6.45, 7) is 5.07. The summed E-state index contributed by atoms with van der Waals surface area (Å²) in [6, 6.07) is -1.13. The smallest absolute Gasteiger partial charge is 0.408 e. The molecule has 7 heteroatoms. The second kappa shape index (κ2) is 7.17. The first kappa shape index (κ1) is 16.7. The standard InChI is InChI=1S/C11H21NO6/c1-11(2,3)18-10(15)12-7(9(13)14)6-8(16-4)17-5/h7-8H,6H2,1-5H3,(H,12,15)(H,13,14)/t7-/m0/s1. The van der Waals surface area contributed by atoms with E-state index in [1.807, 2.05) is 0 Å². The Balaban J connectivity index is 4.45. The van der Waals surface area contributed by atoms with Crippen molar-refractivity contribution in [1.82, 2.24) is 5.32 Å². The molecule has 0 saturated carbocycles. The number of carbonyl (C=O) groups is 2.